The van der Waals surface area contributed by atoms with Crippen LogP contribution in [0.1, 0.15) is 31.2 Å². The number of carbonyl (C=O) groups excluding carboxylic acids is 2. The van der Waals surface area contributed by atoms with Gasteiger partial charge in [0, 0.05) is 32.0 Å². The van der Waals surface area contributed by atoms with Crippen molar-refractivity contribution in [2.24, 2.45) is 0 Å². The third-order valence-electron chi connectivity index (χ3n) is 5.15. The van der Waals surface area contributed by atoms with Crippen molar-refractivity contribution in [2.45, 2.75) is 43.9 Å². The zero-order valence-corrected chi connectivity index (χ0v) is 15.9. The summed E-state index contributed by atoms with van der Waals surface area (Å²) >= 11 is 0. The summed E-state index contributed by atoms with van der Waals surface area (Å²) < 4.78 is 5.24. The summed E-state index contributed by atoms with van der Waals surface area (Å²) in [5.41, 5.74) is -0.129. The number of benzene rings is 1. The molecule has 2 amide bonds. The van der Waals surface area contributed by atoms with Crippen molar-refractivity contribution in [2.75, 3.05) is 26.2 Å². The molecule has 0 atom stereocenters. The summed E-state index contributed by atoms with van der Waals surface area (Å²) in [5.74, 6) is 5.09. The number of hydrogen-bond acceptors (Lipinski definition) is 5. The smallest absolute Gasteiger partial charge is 0.407 e. The lowest BCUT2D eigenvalue weighted by molar-refractivity contribution is -0.126. The molecule has 1 aromatic rings. The van der Waals surface area contributed by atoms with Crippen LogP contribution in [0.25, 0.3) is 0 Å². The van der Waals surface area contributed by atoms with E-state index in [4.69, 9.17) is 4.74 Å². The second kappa shape index (κ2) is 9.58. The molecule has 0 saturated carbocycles. The largest absolute Gasteiger partial charge is 0.445 e. The quantitative estimate of drug-likeness (QED) is 0.676. The maximum absolute atomic E-state index is 12.3. The molecule has 150 valence electrons. The monoisotopic (exact) mass is 385 g/mol. The number of nitrogens with zero attached hydrogens (tertiary/aromatic N) is 1. The maximum atomic E-state index is 12.3. The molecule has 2 aliphatic rings. The molecule has 2 aliphatic heterocycles. The molecule has 1 aromatic carbocycles. The summed E-state index contributed by atoms with van der Waals surface area (Å²) in [6.07, 6.45) is 1.93. The number of amides is 2. The van der Waals surface area contributed by atoms with E-state index < -0.39 is 11.7 Å². The number of rotatable bonds is 3. The fraction of sp³-hybridized carbons (Fsp3) is 0.524. The molecular weight excluding hydrogens is 358 g/mol. The fourth-order valence-electron chi connectivity index (χ4n) is 3.37. The van der Waals surface area contributed by atoms with E-state index in [0.29, 0.717) is 51.9 Å². The average molecular weight is 385 g/mol. The van der Waals surface area contributed by atoms with Crippen LogP contribution in [0, 0.1) is 11.8 Å². The van der Waals surface area contributed by atoms with Crippen LogP contribution >= 0.6 is 0 Å². The van der Waals surface area contributed by atoms with E-state index in [1.807, 2.05) is 30.3 Å². The zero-order valence-electron chi connectivity index (χ0n) is 15.9. The summed E-state index contributed by atoms with van der Waals surface area (Å²) in [5, 5.41) is 16.4. The van der Waals surface area contributed by atoms with Crippen molar-refractivity contribution >= 4 is 12.0 Å². The third-order valence-corrected chi connectivity index (χ3v) is 5.15. The van der Waals surface area contributed by atoms with Crippen LogP contribution in [0.3, 0.4) is 0 Å². The highest BCUT2D eigenvalue weighted by Gasteiger charge is 2.28. The van der Waals surface area contributed by atoms with E-state index in [0.717, 1.165) is 5.56 Å². The first-order valence-electron chi connectivity index (χ1n) is 9.76. The molecule has 0 radical (unpaired) electrons. The molecule has 0 bridgehead atoms. The van der Waals surface area contributed by atoms with E-state index in [9.17, 15) is 14.7 Å². The molecule has 2 fully saturated rings. The van der Waals surface area contributed by atoms with E-state index in [-0.39, 0.29) is 18.6 Å². The minimum atomic E-state index is -1.07. The lowest BCUT2D eigenvalue weighted by Crippen LogP contribution is -2.46. The van der Waals surface area contributed by atoms with Gasteiger partial charge >= 0.3 is 6.09 Å². The highest BCUT2D eigenvalue weighted by atomic mass is 16.5. The Morgan fingerprint density at radius 1 is 1.21 bits per heavy atom. The molecule has 2 saturated heterocycles. The van der Waals surface area contributed by atoms with Crippen LogP contribution in [0.4, 0.5) is 4.79 Å². The lowest BCUT2D eigenvalue weighted by atomic mass is 9.93. The van der Waals surface area contributed by atoms with Gasteiger partial charge in [0.05, 0.1) is 0 Å². The molecule has 7 heteroatoms. The summed E-state index contributed by atoms with van der Waals surface area (Å²) in [4.78, 5) is 25.9. The van der Waals surface area contributed by atoms with Gasteiger partial charge in [-0.05, 0) is 37.4 Å². The van der Waals surface area contributed by atoms with Gasteiger partial charge in [0.15, 0.2) is 0 Å². The van der Waals surface area contributed by atoms with Gasteiger partial charge in [0.25, 0.3) is 5.91 Å². The molecule has 2 heterocycles. The first kappa shape index (κ1) is 20.2. The Bertz CT molecular complexity index is 727. The van der Waals surface area contributed by atoms with Gasteiger partial charge in [-0.1, -0.05) is 36.3 Å². The van der Waals surface area contributed by atoms with Crippen molar-refractivity contribution in [3.05, 3.63) is 35.9 Å². The van der Waals surface area contributed by atoms with Crippen LogP contribution < -0.4 is 10.6 Å². The standard InChI is InChI=1S/C21H27N3O4/c25-19(6-9-21(27)10-12-22-13-11-21)24-14-7-18(8-15-24)23-20(26)28-16-17-4-2-1-3-5-17/h1-5,18,22,27H,7-8,10-16H2,(H,23,26). The summed E-state index contributed by atoms with van der Waals surface area (Å²) in [6.45, 7) is 2.69. The normalized spacial score (nSPS) is 19.2. The molecular formula is C21H27N3O4. The first-order valence-corrected chi connectivity index (χ1v) is 9.76. The second-order valence-corrected chi connectivity index (χ2v) is 7.30. The topological polar surface area (TPSA) is 90.9 Å². The predicted octanol–water partition coefficient (Wildman–Crippen LogP) is 1.02. The average Bonchev–Trinajstić information content (AvgIpc) is 2.72. The Morgan fingerprint density at radius 2 is 1.89 bits per heavy atom. The van der Waals surface area contributed by atoms with E-state index in [1.165, 1.54) is 0 Å². The van der Waals surface area contributed by atoms with Crippen LogP contribution in [0.15, 0.2) is 30.3 Å². The molecule has 3 rings (SSSR count). The highest BCUT2D eigenvalue weighted by Crippen LogP contribution is 2.17. The minimum absolute atomic E-state index is 0.0196. The number of hydrogen-bond donors (Lipinski definition) is 3. The predicted molar refractivity (Wildman–Crippen MR) is 104 cm³/mol. The Labute approximate surface area is 165 Å². The Balaban J connectivity index is 1.39. The van der Waals surface area contributed by atoms with Crippen LogP contribution in [-0.4, -0.2) is 59.8 Å². The van der Waals surface area contributed by atoms with Crippen LogP contribution in [0.5, 0.6) is 0 Å². The van der Waals surface area contributed by atoms with Crippen molar-refractivity contribution in [1.29, 1.82) is 0 Å². The molecule has 0 aromatic heterocycles. The number of likely N-dealkylation sites (tertiary alicyclic amines) is 1. The summed E-state index contributed by atoms with van der Waals surface area (Å²) in [6, 6.07) is 9.49. The Kier molecular flexibility index (Phi) is 6.90. The SMILES string of the molecule is O=C(NC1CCN(C(=O)C#CC2(O)CCNCC2)CC1)OCc1ccccc1. The van der Waals surface area contributed by atoms with Crippen molar-refractivity contribution in [1.82, 2.24) is 15.5 Å². The Morgan fingerprint density at radius 3 is 2.57 bits per heavy atom. The first-order chi connectivity index (χ1) is 13.5. The lowest BCUT2D eigenvalue weighted by Gasteiger charge is -2.31. The third kappa shape index (κ3) is 5.98. The van der Waals surface area contributed by atoms with Crippen molar-refractivity contribution < 1.29 is 19.4 Å². The van der Waals surface area contributed by atoms with Crippen LogP contribution in [-0.2, 0) is 16.1 Å². The molecule has 28 heavy (non-hydrogen) atoms. The number of carbonyl (C=O) groups is 2. The number of piperidine rings is 2. The highest BCUT2D eigenvalue weighted by molar-refractivity contribution is 5.93. The molecule has 0 aliphatic carbocycles. The second-order valence-electron chi connectivity index (χ2n) is 7.30. The van der Waals surface area contributed by atoms with Gasteiger partial charge < -0.3 is 25.4 Å². The molecule has 7 nitrogen and oxygen atoms in total. The Hall–Kier alpha value is -2.56. The van der Waals surface area contributed by atoms with E-state index >= 15 is 0 Å². The number of ether oxygens (including phenoxy) is 1. The van der Waals surface area contributed by atoms with Gasteiger partial charge in [0.2, 0.25) is 0 Å². The fourth-order valence-corrected chi connectivity index (χ4v) is 3.37. The molecule has 3 N–H and O–H groups in total. The number of aliphatic hydroxyl groups is 1. The van der Waals surface area contributed by atoms with E-state index in [1.54, 1.807) is 4.90 Å². The van der Waals surface area contributed by atoms with Gasteiger partial charge in [-0.3, -0.25) is 4.79 Å². The van der Waals surface area contributed by atoms with Gasteiger partial charge in [-0.25, -0.2) is 4.79 Å². The molecule has 0 unspecified atom stereocenters. The van der Waals surface area contributed by atoms with E-state index in [2.05, 4.69) is 22.5 Å². The van der Waals surface area contributed by atoms with Crippen molar-refractivity contribution in [3.63, 3.8) is 0 Å². The maximum Gasteiger partial charge on any atom is 0.407 e. The van der Waals surface area contributed by atoms with Gasteiger partial charge in [-0.15, -0.1) is 0 Å². The molecule has 0 spiro atoms. The number of alkyl carbamates (subject to hydrolysis) is 1. The van der Waals surface area contributed by atoms with Crippen molar-refractivity contribution in [3.8, 4) is 11.8 Å². The number of nitrogens with one attached hydrogen (secondary N) is 2. The minimum Gasteiger partial charge on any atom is -0.445 e. The zero-order chi connectivity index (χ0) is 19.8. The van der Waals surface area contributed by atoms with Gasteiger partial charge in [0.1, 0.15) is 12.2 Å². The van der Waals surface area contributed by atoms with Gasteiger partial charge in [-0.2, -0.15) is 0 Å². The van der Waals surface area contributed by atoms with Crippen LogP contribution in [0.2, 0.25) is 0 Å². The summed E-state index contributed by atoms with van der Waals surface area (Å²) in [7, 11) is 0.